The predicted molar refractivity (Wildman–Crippen MR) is 199 cm³/mol. The highest BCUT2D eigenvalue weighted by Gasteiger charge is 2.55. The number of carbonyl (C=O) groups is 9. The molecule has 0 radical (unpaired) electrons. The van der Waals surface area contributed by atoms with Crippen molar-refractivity contribution in [1.82, 2.24) is 4.57 Å². The van der Waals surface area contributed by atoms with Gasteiger partial charge in [-0.1, -0.05) is 23.9 Å². The van der Waals surface area contributed by atoms with Crippen LogP contribution in [0.1, 0.15) is 67.1 Å². The normalized spacial score (nSPS) is 26.1. The highest BCUT2D eigenvalue weighted by molar-refractivity contribution is 7.99. The molecule has 2 saturated heterocycles. The van der Waals surface area contributed by atoms with Crippen molar-refractivity contribution in [2.45, 2.75) is 128 Å². The van der Waals surface area contributed by atoms with Gasteiger partial charge in [0, 0.05) is 67.7 Å². The summed E-state index contributed by atoms with van der Waals surface area (Å²) in [5, 5.41) is 0.172. The molecule has 0 spiro atoms. The average molecular weight is 868 g/mol. The van der Waals surface area contributed by atoms with Gasteiger partial charge in [-0.3, -0.25) is 47.7 Å². The predicted octanol–water partition coefficient (Wildman–Crippen LogP) is 1.94. The maximum Gasteiger partial charge on any atom is 0.303 e. The van der Waals surface area contributed by atoms with E-state index in [4.69, 9.17) is 52.1 Å². The summed E-state index contributed by atoms with van der Waals surface area (Å²) in [6.07, 6.45) is -14.0. The molecular formula is C38H45NO20S. The Bertz CT molecular complexity index is 1990. The summed E-state index contributed by atoms with van der Waals surface area (Å²) in [4.78, 5) is 112. The van der Waals surface area contributed by atoms with Gasteiger partial charge < -0.3 is 52.1 Å². The Hall–Kier alpha value is -5.74. The number of benzene rings is 1. The first-order valence-electron chi connectivity index (χ1n) is 18.3. The third-order valence-electron chi connectivity index (χ3n) is 8.46. The summed E-state index contributed by atoms with van der Waals surface area (Å²) in [5.41, 5.74) is -1.22. The van der Waals surface area contributed by atoms with Crippen LogP contribution in [0.5, 0.6) is 5.75 Å². The smallest absolute Gasteiger partial charge is 0.303 e. The van der Waals surface area contributed by atoms with Gasteiger partial charge in [0.2, 0.25) is 18.3 Å². The highest BCUT2D eigenvalue weighted by atomic mass is 32.2. The van der Waals surface area contributed by atoms with Crippen LogP contribution in [0.3, 0.4) is 0 Å². The van der Waals surface area contributed by atoms with E-state index in [1.165, 1.54) is 11.5 Å². The molecule has 0 N–H and O–H groups in total. The number of fused-ring (bicyclic) bond motifs is 1. The number of ether oxygens (including phenoxy) is 11. The standard InChI is InChI=1S/C38H45NO20S/c1-16(40)39-26-13-11-10-12-25(26)29(59-37-34(55-23(8)47)32(53-21(6)45)30(51-19(4)43)27(57-37)14-49-17(2)41)36(39)60-38-35(56-24(9)48)33(54-22(7)46)31(52-20(5)44)28(58-38)15-50-18(3)42/h10-13,27-28,30-35,37-38H,14-15H2,1-9H3/t27-,28-,30-,31-,32+,33+,34-,35-,37+,38+/m1/s1. The molecule has 0 aliphatic carbocycles. The largest absolute Gasteiger partial charge is 0.463 e. The van der Waals surface area contributed by atoms with Crippen molar-refractivity contribution in [2.75, 3.05) is 13.2 Å². The molecule has 0 bridgehead atoms. The fourth-order valence-corrected chi connectivity index (χ4v) is 7.87. The molecule has 2 aromatic rings. The maximum atomic E-state index is 13.6. The molecule has 2 fully saturated rings. The Morgan fingerprint density at radius 2 is 0.950 bits per heavy atom. The lowest BCUT2D eigenvalue weighted by Gasteiger charge is -2.44. The van der Waals surface area contributed by atoms with Crippen molar-refractivity contribution in [3.8, 4) is 5.75 Å². The highest BCUT2D eigenvalue weighted by Crippen LogP contribution is 2.46. The Morgan fingerprint density at radius 3 is 1.42 bits per heavy atom. The maximum absolute atomic E-state index is 13.6. The second-order valence-electron chi connectivity index (χ2n) is 13.4. The molecule has 2 aliphatic rings. The van der Waals surface area contributed by atoms with Gasteiger partial charge in [0.1, 0.15) is 30.4 Å². The molecular weight excluding hydrogens is 822 g/mol. The number of esters is 8. The second kappa shape index (κ2) is 20.5. The zero-order valence-corrected chi connectivity index (χ0v) is 34.8. The zero-order valence-electron chi connectivity index (χ0n) is 34.0. The Balaban J connectivity index is 1.95. The van der Waals surface area contributed by atoms with Crippen molar-refractivity contribution in [1.29, 1.82) is 0 Å². The summed E-state index contributed by atoms with van der Waals surface area (Å²) < 4.78 is 63.9. The Morgan fingerprint density at radius 1 is 0.533 bits per heavy atom. The number of hydrogen-bond acceptors (Lipinski definition) is 21. The van der Waals surface area contributed by atoms with Crippen LogP contribution in [0.25, 0.3) is 10.9 Å². The zero-order chi connectivity index (χ0) is 44.6. The van der Waals surface area contributed by atoms with E-state index in [-0.39, 0.29) is 21.7 Å². The lowest BCUT2D eigenvalue weighted by molar-refractivity contribution is -0.288. The first kappa shape index (κ1) is 46.9. The summed E-state index contributed by atoms with van der Waals surface area (Å²) >= 11 is 0.709. The lowest BCUT2D eigenvalue weighted by atomic mass is 9.98. The van der Waals surface area contributed by atoms with Crippen molar-refractivity contribution in [3.63, 3.8) is 0 Å². The number of thioether (sulfide) groups is 1. The van der Waals surface area contributed by atoms with E-state index in [9.17, 15) is 43.2 Å². The quantitative estimate of drug-likeness (QED) is 0.194. The van der Waals surface area contributed by atoms with Crippen LogP contribution < -0.4 is 4.74 Å². The Kier molecular flexibility index (Phi) is 16.0. The fraction of sp³-hybridized carbons (Fsp3) is 0.553. The summed E-state index contributed by atoms with van der Waals surface area (Å²) in [5.74, 6) is -7.51. The number of carbonyl (C=O) groups excluding carboxylic acids is 9. The number of para-hydroxylation sites is 1. The average Bonchev–Trinajstić information content (AvgIpc) is 3.42. The summed E-state index contributed by atoms with van der Waals surface area (Å²) in [7, 11) is 0. The molecule has 22 heteroatoms. The van der Waals surface area contributed by atoms with Gasteiger partial charge in [0.25, 0.3) is 0 Å². The number of rotatable bonds is 14. The fourth-order valence-electron chi connectivity index (χ4n) is 6.51. The van der Waals surface area contributed by atoms with Crippen molar-refractivity contribution in [2.24, 2.45) is 0 Å². The van der Waals surface area contributed by atoms with Crippen LogP contribution in [0, 0.1) is 0 Å². The number of aromatic nitrogens is 1. The molecule has 1 aromatic heterocycles. The molecule has 60 heavy (non-hydrogen) atoms. The molecule has 4 rings (SSSR count). The first-order valence-corrected chi connectivity index (χ1v) is 19.1. The van der Waals surface area contributed by atoms with E-state index in [1.807, 2.05) is 0 Å². The van der Waals surface area contributed by atoms with Crippen LogP contribution >= 0.6 is 11.8 Å². The third-order valence-corrected chi connectivity index (χ3v) is 9.66. The molecule has 0 saturated carbocycles. The molecule has 2 aliphatic heterocycles. The SMILES string of the molecule is CC(=O)OC[C@H]1O[C@@H](Sc2c(O[C@@H]3O[C@H](COC(C)=O)[C@@H](OC(C)=O)[C@H](OC(C)=O)[C@H]3OC(C)=O)c3ccccc3n2C(C)=O)[C@H](OC(C)=O)[C@@H](OC(C)=O)[C@@H]1OC(C)=O. The van der Waals surface area contributed by atoms with Gasteiger partial charge in [-0.2, -0.15) is 0 Å². The van der Waals surface area contributed by atoms with E-state index in [1.54, 1.807) is 24.3 Å². The monoisotopic (exact) mass is 867 g/mol. The van der Waals surface area contributed by atoms with Crippen LogP contribution in [0.15, 0.2) is 29.3 Å². The second-order valence-corrected chi connectivity index (χ2v) is 14.5. The van der Waals surface area contributed by atoms with E-state index >= 15 is 0 Å². The van der Waals surface area contributed by atoms with Crippen LogP contribution in [-0.2, 0) is 85.7 Å². The third kappa shape index (κ3) is 11.9. The Labute approximate surface area is 346 Å². The van der Waals surface area contributed by atoms with Crippen molar-refractivity contribution >= 4 is 76.3 Å². The van der Waals surface area contributed by atoms with E-state index < -0.39 is 127 Å². The van der Waals surface area contributed by atoms with Crippen LogP contribution in [0.4, 0.5) is 0 Å². The molecule has 1 aromatic carbocycles. The number of nitrogens with zero attached hydrogens (tertiary/aromatic N) is 1. The molecule has 0 amide bonds. The lowest BCUT2D eigenvalue weighted by Crippen LogP contribution is -2.63. The van der Waals surface area contributed by atoms with E-state index in [2.05, 4.69) is 0 Å². The van der Waals surface area contributed by atoms with Gasteiger partial charge >= 0.3 is 47.8 Å². The molecule has 0 unspecified atom stereocenters. The molecule has 21 nitrogen and oxygen atoms in total. The minimum absolute atomic E-state index is 0.0718. The van der Waals surface area contributed by atoms with Crippen molar-refractivity contribution in [3.05, 3.63) is 24.3 Å². The summed E-state index contributed by atoms with van der Waals surface area (Å²) in [6, 6.07) is 6.35. The van der Waals surface area contributed by atoms with E-state index in [0.29, 0.717) is 11.8 Å². The summed E-state index contributed by atoms with van der Waals surface area (Å²) in [6.45, 7) is 8.67. The van der Waals surface area contributed by atoms with Gasteiger partial charge in [0.15, 0.2) is 41.7 Å². The minimum atomic E-state index is -1.77. The van der Waals surface area contributed by atoms with Gasteiger partial charge in [-0.05, 0) is 12.1 Å². The molecule has 10 atom stereocenters. The molecule has 328 valence electrons. The van der Waals surface area contributed by atoms with Crippen LogP contribution in [-0.4, -0.2) is 132 Å². The van der Waals surface area contributed by atoms with Crippen molar-refractivity contribution < 1.29 is 95.3 Å². The van der Waals surface area contributed by atoms with Gasteiger partial charge in [-0.15, -0.1) is 0 Å². The molecule has 3 heterocycles. The van der Waals surface area contributed by atoms with E-state index in [0.717, 1.165) is 55.4 Å². The van der Waals surface area contributed by atoms with Gasteiger partial charge in [-0.25, -0.2) is 0 Å². The first-order chi connectivity index (χ1) is 28.2. The van der Waals surface area contributed by atoms with Crippen LogP contribution in [0.2, 0.25) is 0 Å². The number of hydrogen-bond donors (Lipinski definition) is 0. The van der Waals surface area contributed by atoms with Gasteiger partial charge in [0.05, 0.1) is 5.52 Å². The topological polar surface area (TPSA) is 260 Å². The minimum Gasteiger partial charge on any atom is -0.463 e.